The molecule has 0 unspecified atom stereocenters. The highest BCUT2D eigenvalue weighted by molar-refractivity contribution is 5.61. The Morgan fingerprint density at radius 3 is 2.53 bits per heavy atom. The second-order valence-corrected chi connectivity index (χ2v) is 3.86. The summed E-state index contributed by atoms with van der Waals surface area (Å²) >= 11 is 0. The molecule has 2 heteroatoms. The van der Waals surface area contributed by atoms with Gasteiger partial charge in [-0.3, -0.25) is 4.68 Å². The highest BCUT2D eigenvalue weighted by Gasteiger charge is 2.00. The van der Waals surface area contributed by atoms with Gasteiger partial charge < -0.3 is 0 Å². The summed E-state index contributed by atoms with van der Waals surface area (Å²) in [7, 11) is 0. The summed E-state index contributed by atoms with van der Waals surface area (Å²) in [5.41, 5.74) is 3.73. The van der Waals surface area contributed by atoms with Crippen LogP contribution in [0.2, 0.25) is 0 Å². The van der Waals surface area contributed by atoms with Gasteiger partial charge in [0, 0.05) is 18.3 Å². The van der Waals surface area contributed by atoms with E-state index in [9.17, 15) is 0 Å². The molecule has 0 saturated carbocycles. The highest BCUT2D eigenvalue weighted by Crippen LogP contribution is 2.18. The molecule has 0 saturated heterocycles. The van der Waals surface area contributed by atoms with E-state index in [1.165, 1.54) is 16.7 Å². The van der Waals surface area contributed by atoms with Crippen molar-refractivity contribution in [3.05, 3.63) is 42.2 Å². The Hall–Kier alpha value is -1.57. The molecule has 2 rings (SSSR count). The van der Waals surface area contributed by atoms with E-state index in [1.807, 2.05) is 10.9 Å². The predicted octanol–water partition coefficient (Wildman–Crippen LogP) is 3.27. The molecule has 0 atom stereocenters. The van der Waals surface area contributed by atoms with Crippen LogP contribution < -0.4 is 0 Å². The van der Waals surface area contributed by atoms with E-state index >= 15 is 0 Å². The molecule has 0 N–H and O–H groups in total. The minimum atomic E-state index is 0.992. The molecule has 1 aromatic heterocycles. The minimum Gasteiger partial charge on any atom is -0.272 e. The molecule has 0 aliphatic rings. The van der Waals surface area contributed by atoms with Crippen molar-refractivity contribution in [2.75, 3.05) is 0 Å². The van der Waals surface area contributed by atoms with Gasteiger partial charge in [-0.25, -0.2) is 0 Å². The van der Waals surface area contributed by atoms with Crippen molar-refractivity contribution in [3.8, 4) is 11.1 Å². The number of aromatic nitrogens is 2. The number of nitrogens with zero attached hydrogens (tertiary/aromatic N) is 2. The molecule has 0 aliphatic carbocycles. The average Bonchev–Trinajstić information content (AvgIpc) is 2.68. The first-order valence-corrected chi connectivity index (χ1v) is 5.39. The van der Waals surface area contributed by atoms with Gasteiger partial charge in [-0.15, -0.1) is 0 Å². The van der Waals surface area contributed by atoms with Crippen LogP contribution in [-0.2, 0) is 6.54 Å². The van der Waals surface area contributed by atoms with Gasteiger partial charge in [0.25, 0.3) is 0 Å². The molecule has 2 nitrogen and oxygen atoms in total. The van der Waals surface area contributed by atoms with Gasteiger partial charge in [0.05, 0.1) is 6.20 Å². The minimum absolute atomic E-state index is 0.992. The first-order chi connectivity index (χ1) is 7.29. The number of hydrogen-bond donors (Lipinski definition) is 0. The van der Waals surface area contributed by atoms with Crippen molar-refractivity contribution in [2.24, 2.45) is 0 Å². The van der Waals surface area contributed by atoms with Crippen LogP contribution in [0.3, 0.4) is 0 Å². The fourth-order valence-corrected chi connectivity index (χ4v) is 1.61. The molecule has 78 valence electrons. The topological polar surface area (TPSA) is 17.8 Å². The van der Waals surface area contributed by atoms with Crippen molar-refractivity contribution < 1.29 is 0 Å². The molecule has 15 heavy (non-hydrogen) atoms. The standard InChI is InChI=1S/C13H16N2/c1-3-8-15-10-13(9-14-15)12-6-4-11(2)5-7-12/h4-7,9-10H,3,8H2,1-2H3. The molecule has 0 fully saturated rings. The lowest BCUT2D eigenvalue weighted by molar-refractivity contribution is 0.603. The van der Waals surface area contributed by atoms with Crippen LogP contribution in [0.4, 0.5) is 0 Å². The summed E-state index contributed by atoms with van der Waals surface area (Å²) in [6.07, 6.45) is 5.16. The fourth-order valence-electron chi connectivity index (χ4n) is 1.61. The third kappa shape index (κ3) is 2.27. The fraction of sp³-hybridized carbons (Fsp3) is 0.308. The van der Waals surface area contributed by atoms with Crippen LogP contribution >= 0.6 is 0 Å². The lowest BCUT2D eigenvalue weighted by Gasteiger charge is -1.98. The van der Waals surface area contributed by atoms with Crippen molar-refractivity contribution in [1.29, 1.82) is 0 Å². The van der Waals surface area contributed by atoms with Gasteiger partial charge in [0.2, 0.25) is 0 Å². The quantitative estimate of drug-likeness (QED) is 0.743. The van der Waals surface area contributed by atoms with Crippen LogP contribution in [-0.4, -0.2) is 9.78 Å². The van der Waals surface area contributed by atoms with Crippen LogP contribution in [0.1, 0.15) is 18.9 Å². The Bertz CT molecular complexity index is 426. The summed E-state index contributed by atoms with van der Waals surface area (Å²) in [4.78, 5) is 0. The predicted molar refractivity (Wildman–Crippen MR) is 62.7 cm³/mol. The van der Waals surface area contributed by atoms with Crippen LogP contribution in [0.25, 0.3) is 11.1 Å². The van der Waals surface area contributed by atoms with Crippen molar-refractivity contribution in [1.82, 2.24) is 9.78 Å². The highest BCUT2D eigenvalue weighted by atomic mass is 15.3. The molecule has 0 radical (unpaired) electrons. The molecule has 0 amide bonds. The Labute approximate surface area is 90.6 Å². The zero-order chi connectivity index (χ0) is 10.7. The summed E-state index contributed by atoms with van der Waals surface area (Å²) < 4.78 is 2.00. The van der Waals surface area contributed by atoms with E-state index in [4.69, 9.17) is 0 Å². The maximum atomic E-state index is 4.32. The van der Waals surface area contributed by atoms with Crippen LogP contribution in [0.5, 0.6) is 0 Å². The number of rotatable bonds is 3. The van der Waals surface area contributed by atoms with Crippen molar-refractivity contribution in [3.63, 3.8) is 0 Å². The average molecular weight is 200 g/mol. The SMILES string of the molecule is CCCn1cc(-c2ccc(C)cc2)cn1. The Morgan fingerprint density at radius 1 is 1.13 bits per heavy atom. The second kappa shape index (κ2) is 4.30. The van der Waals surface area contributed by atoms with Crippen molar-refractivity contribution in [2.45, 2.75) is 26.8 Å². The third-order valence-corrected chi connectivity index (χ3v) is 2.47. The third-order valence-electron chi connectivity index (χ3n) is 2.47. The monoisotopic (exact) mass is 200 g/mol. The second-order valence-electron chi connectivity index (χ2n) is 3.86. The van der Waals surface area contributed by atoms with E-state index in [1.54, 1.807) is 0 Å². The molecule has 1 heterocycles. The first-order valence-electron chi connectivity index (χ1n) is 5.39. The van der Waals surface area contributed by atoms with E-state index in [-0.39, 0.29) is 0 Å². The van der Waals surface area contributed by atoms with Crippen LogP contribution in [0.15, 0.2) is 36.7 Å². The van der Waals surface area contributed by atoms with E-state index in [0.717, 1.165) is 13.0 Å². The maximum Gasteiger partial charge on any atom is 0.0568 e. The molecular weight excluding hydrogens is 184 g/mol. The molecule has 2 aromatic rings. The van der Waals surface area contributed by atoms with Gasteiger partial charge >= 0.3 is 0 Å². The zero-order valence-electron chi connectivity index (χ0n) is 9.27. The smallest absolute Gasteiger partial charge is 0.0568 e. The molecule has 0 bridgehead atoms. The first kappa shape index (κ1) is 9.97. The lowest BCUT2D eigenvalue weighted by atomic mass is 10.1. The van der Waals surface area contributed by atoms with E-state index < -0.39 is 0 Å². The lowest BCUT2D eigenvalue weighted by Crippen LogP contribution is -1.95. The maximum absolute atomic E-state index is 4.32. The largest absolute Gasteiger partial charge is 0.272 e. The molecule has 0 aliphatic heterocycles. The van der Waals surface area contributed by atoms with Gasteiger partial charge in [0.15, 0.2) is 0 Å². The van der Waals surface area contributed by atoms with Crippen molar-refractivity contribution >= 4 is 0 Å². The zero-order valence-corrected chi connectivity index (χ0v) is 9.27. The Morgan fingerprint density at radius 2 is 1.87 bits per heavy atom. The molecular formula is C13H16N2. The van der Waals surface area contributed by atoms with Gasteiger partial charge in [0.1, 0.15) is 0 Å². The van der Waals surface area contributed by atoms with Gasteiger partial charge in [-0.2, -0.15) is 5.10 Å². The Balaban J connectivity index is 2.25. The van der Waals surface area contributed by atoms with Crippen LogP contribution in [0, 0.1) is 6.92 Å². The Kier molecular flexibility index (Phi) is 2.86. The molecule has 1 aromatic carbocycles. The normalized spacial score (nSPS) is 10.5. The summed E-state index contributed by atoms with van der Waals surface area (Å²) in [6.45, 7) is 5.25. The van der Waals surface area contributed by atoms with Gasteiger partial charge in [-0.1, -0.05) is 36.8 Å². The van der Waals surface area contributed by atoms with E-state index in [0.29, 0.717) is 0 Å². The summed E-state index contributed by atoms with van der Waals surface area (Å²) in [5.74, 6) is 0. The summed E-state index contributed by atoms with van der Waals surface area (Å²) in [5, 5.41) is 4.32. The number of benzene rings is 1. The number of hydrogen-bond acceptors (Lipinski definition) is 1. The number of aryl methyl sites for hydroxylation is 2. The van der Waals surface area contributed by atoms with Gasteiger partial charge in [-0.05, 0) is 18.9 Å². The molecule has 0 spiro atoms. The van der Waals surface area contributed by atoms with E-state index in [2.05, 4.69) is 49.4 Å². The summed E-state index contributed by atoms with van der Waals surface area (Å²) in [6, 6.07) is 8.55.